The number of nitrogens with zero attached hydrogens (tertiary/aromatic N) is 3. The lowest BCUT2D eigenvalue weighted by molar-refractivity contribution is -0.113. The van der Waals surface area contributed by atoms with Crippen molar-refractivity contribution in [1.82, 2.24) is 20.2 Å². The Bertz CT molecular complexity index is 872. The number of aromatic amines is 1. The molecule has 6 nitrogen and oxygen atoms in total. The third-order valence-corrected chi connectivity index (χ3v) is 4.11. The maximum absolute atomic E-state index is 13.7. The number of hydrogen-bond donors (Lipinski definition) is 2. The fourth-order valence-corrected chi connectivity index (χ4v) is 2.65. The van der Waals surface area contributed by atoms with Crippen LogP contribution < -0.4 is 5.32 Å². The summed E-state index contributed by atoms with van der Waals surface area (Å²) in [6.07, 6.45) is 1.53. The van der Waals surface area contributed by atoms with Crippen LogP contribution in [0.4, 0.5) is 10.1 Å². The van der Waals surface area contributed by atoms with Crippen LogP contribution in [-0.4, -0.2) is 31.8 Å². The van der Waals surface area contributed by atoms with Crippen LogP contribution in [-0.2, 0) is 4.79 Å². The molecule has 24 heavy (non-hydrogen) atoms. The lowest BCUT2D eigenvalue weighted by Crippen LogP contribution is -2.14. The summed E-state index contributed by atoms with van der Waals surface area (Å²) in [5.41, 5.74) is 0.759. The van der Waals surface area contributed by atoms with E-state index in [2.05, 4.69) is 25.5 Å². The van der Waals surface area contributed by atoms with Crippen molar-refractivity contribution in [3.8, 4) is 11.4 Å². The van der Waals surface area contributed by atoms with Gasteiger partial charge in [-0.05, 0) is 24.3 Å². The van der Waals surface area contributed by atoms with E-state index in [1.54, 1.807) is 30.3 Å². The summed E-state index contributed by atoms with van der Waals surface area (Å²) in [4.78, 5) is 20.0. The van der Waals surface area contributed by atoms with Crippen LogP contribution in [0.15, 0.2) is 47.8 Å². The number of carbonyl (C=O) groups excluding carboxylic acids is 1. The number of nitrogens with one attached hydrogen (secondary N) is 2. The van der Waals surface area contributed by atoms with Crippen molar-refractivity contribution in [3.63, 3.8) is 0 Å². The van der Waals surface area contributed by atoms with Gasteiger partial charge in [-0.1, -0.05) is 35.5 Å². The summed E-state index contributed by atoms with van der Waals surface area (Å²) in [6, 6.07) is 9.57. The number of carbonyl (C=O) groups is 1. The number of H-pyrrole nitrogens is 1. The highest BCUT2D eigenvalue weighted by molar-refractivity contribution is 7.99. The second kappa shape index (κ2) is 7.41. The van der Waals surface area contributed by atoms with E-state index in [0.29, 0.717) is 22.2 Å². The molecule has 1 amide bonds. The monoisotopic (exact) mass is 363 g/mol. The van der Waals surface area contributed by atoms with Gasteiger partial charge in [-0.3, -0.25) is 9.89 Å². The number of amides is 1. The summed E-state index contributed by atoms with van der Waals surface area (Å²) < 4.78 is 13.7. The molecule has 0 unspecified atom stereocenters. The maximum atomic E-state index is 13.7. The molecule has 0 bridgehead atoms. The highest BCUT2D eigenvalue weighted by Gasteiger charge is 2.12. The summed E-state index contributed by atoms with van der Waals surface area (Å²) in [6.45, 7) is 0. The zero-order chi connectivity index (χ0) is 16.9. The van der Waals surface area contributed by atoms with Crippen molar-refractivity contribution in [2.45, 2.75) is 5.16 Å². The topological polar surface area (TPSA) is 83.6 Å². The number of halogens is 2. The maximum Gasteiger partial charge on any atom is 0.234 e. The molecular weight excluding hydrogens is 353 g/mol. The third-order valence-electron chi connectivity index (χ3n) is 2.96. The molecule has 2 heterocycles. The molecule has 0 aliphatic carbocycles. The van der Waals surface area contributed by atoms with Crippen molar-refractivity contribution < 1.29 is 9.18 Å². The van der Waals surface area contributed by atoms with Gasteiger partial charge < -0.3 is 5.32 Å². The largest absolute Gasteiger partial charge is 0.323 e. The first-order valence-corrected chi connectivity index (χ1v) is 8.20. The van der Waals surface area contributed by atoms with Crippen LogP contribution in [0.2, 0.25) is 5.15 Å². The van der Waals surface area contributed by atoms with E-state index in [1.165, 1.54) is 12.3 Å². The molecule has 0 atom stereocenters. The standard InChI is InChI=1S/C15H11ClFN5OS/c16-13-11(6-3-7-18-13)19-12(23)8-24-15-20-14(21-22-15)9-4-1-2-5-10(9)17/h1-7H,8H2,(H,19,23)(H,20,21,22). The molecule has 0 saturated heterocycles. The first kappa shape index (κ1) is 16.4. The Kier molecular flexibility index (Phi) is 5.07. The van der Waals surface area contributed by atoms with Crippen LogP contribution in [0.3, 0.4) is 0 Å². The van der Waals surface area contributed by atoms with Crippen LogP contribution in [0.1, 0.15) is 0 Å². The van der Waals surface area contributed by atoms with Crippen LogP contribution in [0, 0.1) is 5.82 Å². The van der Waals surface area contributed by atoms with Crippen molar-refractivity contribution in [2.24, 2.45) is 0 Å². The normalized spacial score (nSPS) is 10.6. The summed E-state index contributed by atoms with van der Waals surface area (Å²) in [5, 5.41) is 9.85. The minimum absolute atomic E-state index is 0.0831. The first-order valence-electron chi connectivity index (χ1n) is 6.84. The minimum Gasteiger partial charge on any atom is -0.323 e. The van der Waals surface area contributed by atoms with E-state index in [-0.39, 0.29) is 16.8 Å². The molecule has 0 fully saturated rings. The Morgan fingerprint density at radius 3 is 2.92 bits per heavy atom. The van der Waals surface area contributed by atoms with Gasteiger partial charge in [0.15, 0.2) is 11.0 Å². The zero-order valence-corrected chi connectivity index (χ0v) is 13.7. The fraction of sp³-hybridized carbons (Fsp3) is 0.0667. The van der Waals surface area contributed by atoms with Crippen molar-refractivity contribution in [2.75, 3.05) is 11.1 Å². The lowest BCUT2D eigenvalue weighted by atomic mass is 10.2. The molecule has 0 saturated carbocycles. The number of thioether (sulfide) groups is 1. The van der Waals surface area contributed by atoms with Crippen molar-refractivity contribution in [1.29, 1.82) is 0 Å². The van der Waals surface area contributed by atoms with Gasteiger partial charge in [-0.2, -0.15) is 0 Å². The molecule has 0 spiro atoms. The Labute approximate surface area is 145 Å². The molecule has 0 aliphatic heterocycles. The molecule has 2 N–H and O–H groups in total. The molecule has 3 aromatic rings. The molecule has 2 aromatic heterocycles. The predicted octanol–water partition coefficient (Wildman–Crippen LogP) is 3.39. The summed E-state index contributed by atoms with van der Waals surface area (Å²) in [7, 11) is 0. The van der Waals surface area contributed by atoms with Gasteiger partial charge in [0.25, 0.3) is 0 Å². The highest BCUT2D eigenvalue weighted by atomic mass is 35.5. The number of rotatable bonds is 5. The van der Waals surface area contributed by atoms with Gasteiger partial charge in [0, 0.05) is 6.20 Å². The van der Waals surface area contributed by atoms with E-state index >= 15 is 0 Å². The first-order chi connectivity index (χ1) is 11.6. The van der Waals surface area contributed by atoms with Gasteiger partial charge in [-0.15, -0.1) is 5.10 Å². The van der Waals surface area contributed by atoms with Gasteiger partial charge in [0.1, 0.15) is 5.82 Å². The van der Waals surface area contributed by atoms with E-state index in [9.17, 15) is 9.18 Å². The smallest absolute Gasteiger partial charge is 0.234 e. The number of benzene rings is 1. The molecule has 122 valence electrons. The fourth-order valence-electron chi connectivity index (χ4n) is 1.88. The quantitative estimate of drug-likeness (QED) is 0.536. The van der Waals surface area contributed by atoms with Gasteiger partial charge in [-0.25, -0.2) is 14.4 Å². The molecule has 0 radical (unpaired) electrons. The second-order valence-corrected chi connectivity index (χ2v) is 5.93. The Morgan fingerprint density at radius 2 is 2.12 bits per heavy atom. The van der Waals surface area contributed by atoms with Crippen molar-refractivity contribution in [3.05, 3.63) is 53.6 Å². The highest BCUT2D eigenvalue weighted by Crippen LogP contribution is 2.22. The van der Waals surface area contributed by atoms with Gasteiger partial charge >= 0.3 is 0 Å². The van der Waals surface area contributed by atoms with Crippen LogP contribution in [0.25, 0.3) is 11.4 Å². The minimum atomic E-state index is -0.394. The number of aromatic nitrogens is 4. The van der Waals surface area contributed by atoms with E-state index in [0.717, 1.165) is 11.8 Å². The van der Waals surface area contributed by atoms with E-state index in [1.807, 2.05) is 0 Å². The molecule has 0 aliphatic rings. The Morgan fingerprint density at radius 1 is 1.29 bits per heavy atom. The predicted molar refractivity (Wildman–Crippen MR) is 90.4 cm³/mol. The summed E-state index contributed by atoms with van der Waals surface area (Å²) >= 11 is 7.00. The SMILES string of the molecule is O=C(CSc1n[nH]c(-c2ccccc2F)n1)Nc1cccnc1Cl. The van der Waals surface area contributed by atoms with Crippen molar-refractivity contribution >= 4 is 35.0 Å². The van der Waals surface area contributed by atoms with Crippen LogP contribution >= 0.6 is 23.4 Å². The molecular formula is C15H11ClFN5OS. The van der Waals surface area contributed by atoms with Crippen LogP contribution in [0.5, 0.6) is 0 Å². The molecule has 3 rings (SSSR count). The van der Waals surface area contributed by atoms with E-state index in [4.69, 9.17) is 11.6 Å². The molecule has 1 aromatic carbocycles. The van der Waals surface area contributed by atoms with Gasteiger partial charge in [0.05, 0.1) is 17.0 Å². The second-order valence-electron chi connectivity index (χ2n) is 4.63. The van der Waals surface area contributed by atoms with E-state index < -0.39 is 5.82 Å². The number of hydrogen-bond acceptors (Lipinski definition) is 5. The third kappa shape index (κ3) is 3.90. The number of pyridine rings is 1. The summed E-state index contributed by atoms with van der Waals surface area (Å²) in [5.74, 6) is -0.271. The van der Waals surface area contributed by atoms with Gasteiger partial charge in [0.2, 0.25) is 11.1 Å². The number of anilines is 1. The molecule has 9 heteroatoms. The average Bonchev–Trinajstić information content (AvgIpc) is 3.04. The average molecular weight is 364 g/mol. The zero-order valence-electron chi connectivity index (χ0n) is 12.2. The lowest BCUT2D eigenvalue weighted by Gasteiger charge is -2.04. The Hall–Kier alpha value is -2.45. The Balaban J connectivity index is 1.61.